The van der Waals surface area contributed by atoms with Gasteiger partial charge in [0, 0.05) is 17.8 Å². The number of para-hydroxylation sites is 1. The van der Waals surface area contributed by atoms with Crippen LogP contribution in [0.25, 0.3) is 5.69 Å². The van der Waals surface area contributed by atoms with Gasteiger partial charge in [0.2, 0.25) is 0 Å². The van der Waals surface area contributed by atoms with Crippen molar-refractivity contribution in [2.24, 2.45) is 0 Å². The van der Waals surface area contributed by atoms with Crippen LogP contribution in [0.2, 0.25) is 0 Å². The number of benzene rings is 2. The van der Waals surface area contributed by atoms with Crippen LogP contribution in [-0.2, 0) is 13.0 Å². The van der Waals surface area contributed by atoms with E-state index in [1.807, 2.05) is 48.9 Å². The fraction of sp³-hybridized carbons (Fsp3) is 0.273. The molecule has 0 saturated heterocycles. The Labute approximate surface area is 163 Å². The smallest absolute Gasteiger partial charge is 0.315 e. The van der Waals surface area contributed by atoms with Gasteiger partial charge in [0.15, 0.2) is 0 Å². The number of amides is 2. The summed E-state index contributed by atoms with van der Waals surface area (Å²) in [7, 11) is 0. The summed E-state index contributed by atoms with van der Waals surface area (Å²) in [6, 6.07) is 14.3. The van der Waals surface area contributed by atoms with Crippen molar-refractivity contribution in [1.82, 2.24) is 20.4 Å². The summed E-state index contributed by atoms with van der Waals surface area (Å²) in [5.41, 5.74) is 5.84. The molecule has 0 aliphatic heterocycles. The second-order valence-electron chi connectivity index (χ2n) is 7.16. The second-order valence-corrected chi connectivity index (χ2v) is 7.16. The molecule has 5 nitrogen and oxygen atoms in total. The number of carbonyl (C=O) groups excluding carboxylic acids is 1. The van der Waals surface area contributed by atoms with E-state index in [1.165, 1.54) is 12.1 Å². The lowest BCUT2D eigenvalue weighted by molar-refractivity contribution is 0.236. The molecule has 1 heterocycles. The maximum absolute atomic E-state index is 13.5. The Morgan fingerprint density at radius 2 is 2.00 bits per heavy atom. The molecule has 144 valence electrons. The number of nitrogens with zero attached hydrogens (tertiary/aromatic N) is 2. The van der Waals surface area contributed by atoms with Crippen LogP contribution < -0.4 is 10.6 Å². The summed E-state index contributed by atoms with van der Waals surface area (Å²) in [6.07, 6.45) is 1.64. The van der Waals surface area contributed by atoms with E-state index in [9.17, 15) is 9.18 Å². The van der Waals surface area contributed by atoms with Gasteiger partial charge in [-0.1, -0.05) is 24.3 Å². The van der Waals surface area contributed by atoms with Gasteiger partial charge < -0.3 is 10.6 Å². The normalized spacial score (nSPS) is 15.3. The molecule has 3 aromatic rings. The van der Waals surface area contributed by atoms with Gasteiger partial charge in [-0.3, -0.25) is 0 Å². The minimum Gasteiger partial charge on any atom is -0.334 e. The van der Waals surface area contributed by atoms with Gasteiger partial charge in [-0.25, -0.2) is 13.9 Å². The fourth-order valence-electron chi connectivity index (χ4n) is 3.85. The Morgan fingerprint density at radius 1 is 1.21 bits per heavy atom. The third-order valence-corrected chi connectivity index (χ3v) is 5.36. The molecule has 0 spiro atoms. The van der Waals surface area contributed by atoms with Gasteiger partial charge in [0.25, 0.3) is 0 Å². The van der Waals surface area contributed by atoms with E-state index in [2.05, 4.69) is 15.7 Å². The summed E-state index contributed by atoms with van der Waals surface area (Å²) in [5.74, 6) is -0.271. The summed E-state index contributed by atoms with van der Waals surface area (Å²) >= 11 is 0. The first-order chi connectivity index (χ1) is 13.5. The molecule has 0 radical (unpaired) electrons. The van der Waals surface area contributed by atoms with E-state index in [-0.39, 0.29) is 17.9 Å². The highest BCUT2D eigenvalue weighted by atomic mass is 19.1. The maximum atomic E-state index is 13.5. The standard InChI is InChI=1S/C22H23FN4O/c1-14-20(15(2)27(26-14)18-6-4-3-5-7-18)13-24-22(28)25-21-11-9-16-8-10-17(23)12-19(16)21/h3-8,10,12,21H,9,11,13H2,1-2H3,(H2,24,25,28). The van der Waals surface area contributed by atoms with Crippen LogP contribution in [0.15, 0.2) is 48.5 Å². The number of fused-ring (bicyclic) bond motifs is 1. The Kier molecular flexibility index (Phi) is 4.86. The number of hydrogen-bond donors (Lipinski definition) is 2. The predicted octanol–water partition coefficient (Wildman–Crippen LogP) is 4.11. The summed E-state index contributed by atoms with van der Waals surface area (Å²) in [5, 5.41) is 10.5. The van der Waals surface area contributed by atoms with Crippen LogP contribution in [-0.4, -0.2) is 15.8 Å². The van der Waals surface area contributed by atoms with E-state index < -0.39 is 0 Å². The van der Waals surface area contributed by atoms with Crippen LogP contribution in [0.3, 0.4) is 0 Å². The summed E-state index contributed by atoms with van der Waals surface area (Å²) in [6.45, 7) is 4.33. The number of hydrogen-bond acceptors (Lipinski definition) is 2. The first kappa shape index (κ1) is 18.2. The molecule has 1 atom stereocenters. The molecule has 2 aromatic carbocycles. The van der Waals surface area contributed by atoms with Gasteiger partial charge in [0.1, 0.15) is 5.82 Å². The molecule has 1 aliphatic carbocycles. The van der Waals surface area contributed by atoms with Crippen LogP contribution >= 0.6 is 0 Å². The van der Waals surface area contributed by atoms with Crippen molar-refractivity contribution in [3.8, 4) is 5.69 Å². The molecule has 0 saturated carbocycles. The summed E-state index contributed by atoms with van der Waals surface area (Å²) in [4.78, 5) is 12.4. The van der Waals surface area contributed by atoms with Crippen molar-refractivity contribution in [2.75, 3.05) is 0 Å². The lowest BCUT2D eigenvalue weighted by Gasteiger charge is -2.15. The highest BCUT2D eigenvalue weighted by Gasteiger charge is 2.24. The average Bonchev–Trinajstić information content (AvgIpc) is 3.21. The molecular weight excluding hydrogens is 355 g/mol. The van der Waals surface area contributed by atoms with Crippen molar-refractivity contribution in [3.05, 3.63) is 82.4 Å². The summed E-state index contributed by atoms with van der Waals surface area (Å²) < 4.78 is 15.4. The van der Waals surface area contributed by atoms with Crippen molar-refractivity contribution in [1.29, 1.82) is 0 Å². The molecular formula is C22H23FN4O. The van der Waals surface area contributed by atoms with E-state index in [0.29, 0.717) is 6.54 Å². The van der Waals surface area contributed by atoms with Gasteiger partial charge in [-0.05, 0) is 62.1 Å². The number of halogens is 1. The molecule has 2 amide bonds. The third-order valence-electron chi connectivity index (χ3n) is 5.36. The van der Waals surface area contributed by atoms with Crippen molar-refractivity contribution in [3.63, 3.8) is 0 Å². The molecule has 1 aromatic heterocycles. The van der Waals surface area contributed by atoms with E-state index in [0.717, 1.165) is 46.6 Å². The minimum atomic E-state index is -0.271. The van der Waals surface area contributed by atoms with Crippen LogP contribution in [0.4, 0.5) is 9.18 Å². The number of aryl methyl sites for hydroxylation is 2. The first-order valence-corrected chi connectivity index (χ1v) is 9.46. The molecule has 28 heavy (non-hydrogen) atoms. The highest BCUT2D eigenvalue weighted by molar-refractivity contribution is 5.74. The highest BCUT2D eigenvalue weighted by Crippen LogP contribution is 2.31. The molecule has 1 aliphatic rings. The number of aromatic nitrogens is 2. The van der Waals surface area contributed by atoms with Crippen molar-refractivity contribution < 1.29 is 9.18 Å². The van der Waals surface area contributed by atoms with Gasteiger partial charge >= 0.3 is 6.03 Å². The zero-order chi connectivity index (χ0) is 19.7. The SMILES string of the molecule is Cc1nn(-c2ccccc2)c(C)c1CNC(=O)NC1CCc2ccc(F)cc21. The molecule has 0 bridgehead atoms. The number of nitrogens with one attached hydrogen (secondary N) is 2. The van der Waals surface area contributed by atoms with Crippen LogP contribution in [0.5, 0.6) is 0 Å². The lowest BCUT2D eigenvalue weighted by atomic mass is 10.1. The van der Waals surface area contributed by atoms with E-state index in [1.54, 1.807) is 6.07 Å². The van der Waals surface area contributed by atoms with E-state index >= 15 is 0 Å². The maximum Gasteiger partial charge on any atom is 0.315 e. The van der Waals surface area contributed by atoms with Crippen LogP contribution in [0, 0.1) is 19.7 Å². The monoisotopic (exact) mass is 378 g/mol. The number of carbonyl (C=O) groups is 1. The van der Waals surface area contributed by atoms with Gasteiger partial charge in [-0.2, -0.15) is 5.10 Å². The Balaban J connectivity index is 1.43. The van der Waals surface area contributed by atoms with Crippen molar-refractivity contribution in [2.45, 2.75) is 39.3 Å². The zero-order valence-corrected chi connectivity index (χ0v) is 16.0. The Bertz CT molecular complexity index is 1010. The van der Waals surface area contributed by atoms with E-state index in [4.69, 9.17) is 0 Å². The predicted molar refractivity (Wildman–Crippen MR) is 106 cm³/mol. The largest absolute Gasteiger partial charge is 0.334 e. The zero-order valence-electron chi connectivity index (χ0n) is 16.0. The number of urea groups is 1. The Hall–Kier alpha value is -3.15. The lowest BCUT2D eigenvalue weighted by Crippen LogP contribution is -2.37. The third kappa shape index (κ3) is 3.50. The molecule has 4 rings (SSSR count). The molecule has 6 heteroatoms. The van der Waals surface area contributed by atoms with Gasteiger partial charge in [-0.15, -0.1) is 0 Å². The first-order valence-electron chi connectivity index (χ1n) is 9.46. The topological polar surface area (TPSA) is 59.0 Å². The molecule has 1 unspecified atom stereocenters. The fourth-order valence-corrected chi connectivity index (χ4v) is 3.85. The average molecular weight is 378 g/mol. The Morgan fingerprint density at radius 3 is 2.79 bits per heavy atom. The van der Waals surface area contributed by atoms with Crippen LogP contribution in [0.1, 0.15) is 40.5 Å². The second kappa shape index (κ2) is 7.46. The molecule has 2 N–H and O–H groups in total. The quantitative estimate of drug-likeness (QED) is 0.718. The number of rotatable bonds is 4. The minimum absolute atomic E-state index is 0.153. The van der Waals surface area contributed by atoms with Crippen molar-refractivity contribution >= 4 is 6.03 Å². The molecule has 0 fully saturated rings. The van der Waals surface area contributed by atoms with Gasteiger partial charge in [0.05, 0.1) is 17.4 Å².